The van der Waals surface area contributed by atoms with Crippen LogP contribution in [0.3, 0.4) is 0 Å². The molecule has 0 bridgehead atoms. The molecule has 1 unspecified atom stereocenters. The van der Waals surface area contributed by atoms with Crippen molar-refractivity contribution in [3.63, 3.8) is 0 Å². The number of rotatable bonds is 3. The fraction of sp³-hybridized carbons (Fsp3) is 0.462. The number of aromatic nitrogens is 1. The largest absolute Gasteiger partial charge is 0.480 e. The lowest BCUT2D eigenvalue weighted by Gasteiger charge is -2.42. The predicted octanol–water partition coefficient (Wildman–Crippen LogP) is 1.01. The number of piperidine rings is 1. The molecule has 2 heterocycles. The van der Waals surface area contributed by atoms with Crippen molar-refractivity contribution < 1.29 is 14.7 Å². The van der Waals surface area contributed by atoms with Gasteiger partial charge in [0.1, 0.15) is 11.4 Å². The first-order valence-corrected chi connectivity index (χ1v) is 6.22. The lowest BCUT2D eigenvalue weighted by molar-refractivity contribution is -0.143. The summed E-state index contributed by atoms with van der Waals surface area (Å²) in [5, 5.41) is 9.45. The molecule has 0 aromatic carbocycles. The van der Waals surface area contributed by atoms with Gasteiger partial charge in [-0.25, -0.2) is 9.78 Å². The highest BCUT2D eigenvalue weighted by molar-refractivity contribution is 5.93. The van der Waals surface area contributed by atoms with Crippen molar-refractivity contribution in [3.05, 3.63) is 23.9 Å². The Morgan fingerprint density at radius 1 is 1.47 bits per heavy atom. The second-order valence-corrected chi connectivity index (χ2v) is 4.95. The highest BCUT2D eigenvalue weighted by atomic mass is 16.4. The Bertz CT molecular complexity index is 518. The van der Waals surface area contributed by atoms with Crippen LogP contribution in [0.15, 0.2) is 18.3 Å². The molecule has 6 nitrogen and oxygen atoms in total. The third kappa shape index (κ3) is 2.38. The standard InChI is InChI=1S/C13H17N3O3/c1-13(12(18)19)5-2-3-7-16(13)10-8-9(11(14)17)4-6-15-10/h4,6,8H,2-3,5,7H2,1H3,(H2,14,17)(H,18,19). The average molecular weight is 263 g/mol. The van der Waals surface area contributed by atoms with Gasteiger partial charge in [-0.15, -0.1) is 0 Å². The van der Waals surface area contributed by atoms with Crippen LogP contribution in [-0.4, -0.2) is 34.1 Å². The quantitative estimate of drug-likeness (QED) is 0.848. The third-order valence-electron chi connectivity index (χ3n) is 3.66. The molecule has 6 heteroatoms. The molecule has 1 amide bonds. The van der Waals surface area contributed by atoms with Crippen molar-refractivity contribution in [2.45, 2.75) is 31.7 Å². The molecule has 1 aliphatic heterocycles. The Hall–Kier alpha value is -2.11. The van der Waals surface area contributed by atoms with E-state index < -0.39 is 17.4 Å². The summed E-state index contributed by atoms with van der Waals surface area (Å²) < 4.78 is 0. The monoisotopic (exact) mass is 263 g/mol. The fourth-order valence-electron chi connectivity index (χ4n) is 2.43. The number of hydrogen-bond acceptors (Lipinski definition) is 4. The minimum Gasteiger partial charge on any atom is -0.480 e. The van der Waals surface area contributed by atoms with E-state index in [0.29, 0.717) is 24.3 Å². The molecule has 1 saturated heterocycles. The van der Waals surface area contributed by atoms with Gasteiger partial charge in [0, 0.05) is 18.3 Å². The molecule has 102 valence electrons. The van der Waals surface area contributed by atoms with Gasteiger partial charge in [-0.2, -0.15) is 0 Å². The smallest absolute Gasteiger partial charge is 0.329 e. The fourth-order valence-corrected chi connectivity index (χ4v) is 2.43. The number of nitrogens with two attached hydrogens (primary N) is 1. The Morgan fingerprint density at radius 2 is 2.21 bits per heavy atom. The van der Waals surface area contributed by atoms with Gasteiger partial charge in [0.05, 0.1) is 0 Å². The molecule has 1 fully saturated rings. The zero-order valence-electron chi connectivity index (χ0n) is 10.8. The Kier molecular flexibility index (Phi) is 3.42. The number of pyridine rings is 1. The van der Waals surface area contributed by atoms with Gasteiger partial charge in [-0.1, -0.05) is 0 Å². The van der Waals surface area contributed by atoms with Gasteiger partial charge in [0.2, 0.25) is 5.91 Å². The number of nitrogens with zero attached hydrogens (tertiary/aromatic N) is 2. The second-order valence-electron chi connectivity index (χ2n) is 4.95. The summed E-state index contributed by atoms with van der Waals surface area (Å²) in [7, 11) is 0. The van der Waals surface area contributed by atoms with E-state index in [4.69, 9.17) is 5.73 Å². The van der Waals surface area contributed by atoms with Crippen molar-refractivity contribution in [1.29, 1.82) is 0 Å². The molecule has 0 radical (unpaired) electrons. The summed E-state index contributed by atoms with van der Waals surface area (Å²) in [6, 6.07) is 3.07. The van der Waals surface area contributed by atoms with Gasteiger partial charge < -0.3 is 15.7 Å². The number of primary amides is 1. The minimum absolute atomic E-state index is 0.336. The van der Waals surface area contributed by atoms with Crippen molar-refractivity contribution >= 4 is 17.7 Å². The topological polar surface area (TPSA) is 96.5 Å². The summed E-state index contributed by atoms with van der Waals surface area (Å²) in [6.07, 6.45) is 3.82. The van der Waals surface area contributed by atoms with Gasteiger partial charge >= 0.3 is 5.97 Å². The summed E-state index contributed by atoms with van der Waals surface area (Å²) >= 11 is 0. The molecule has 0 saturated carbocycles. The molecular formula is C13H17N3O3. The molecule has 1 aliphatic rings. The van der Waals surface area contributed by atoms with E-state index in [1.54, 1.807) is 17.9 Å². The van der Waals surface area contributed by atoms with Crippen molar-refractivity contribution in [3.8, 4) is 0 Å². The van der Waals surface area contributed by atoms with E-state index in [-0.39, 0.29) is 0 Å². The Labute approximate surface area is 111 Å². The van der Waals surface area contributed by atoms with Crippen LogP contribution in [-0.2, 0) is 4.79 Å². The molecule has 2 rings (SSSR count). The van der Waals surface area contributed by atoms with E-state index in [2.05, 4.69) is 4.98 Å². The first-order chi connectivity index (χ1) is 8.95. The lowest BCUT2D eigenvalue weighted by atomic mass is 9.88. The maximum atomic E-state index is 11.5. The maximum Gasteiger partial charge on any atom is 0.329 e. The van der Waals surface area contributed by atoms with Crippen LogP contribution in [0.1, 0.15) is 36.5 Å². The first-order valence-electron chi connectivity index (χ1n) is 6.22. The van der Waals surface area contributed by atoms with Crippen LogP contribution in [0.2, 0.25) is 0 Å². The van der Waals surface area contributed by atoms with Crippen molar-refractivity contribution in [1.82, 2.24) is 4.98 Å². The summed E-state index contributed by atoms with van der Waals surface area (Å²) in [6.45, 7) is 2.30. The predicted molar refractivity (Wildman–Crippen MR) is 70.0 cm³/mol. The zero-order valence-corrected chi connectivity index (χ0v) is 10.8. The zero-order chi connectivity index (χ0) is 14.0. The number of carboxylic acid groups (broad SMARTS) is 1. The van der Waals surface area contributed by atoms with E-state index in [9.17, 15) is 14.7 Å². The number of aliphatic carboxylic acids is 1. The maximum absolute atomic E-state index is 11.5. The molecule has 0 aliphatic carbocycles. The number of amides is 1. The number of hydrogen-bond donors (Lipinski definition) is 2. The van der Waals surface area contributed by atoms with E-state index in [1.165, 1.54) is 12.3 Å². The number of carbonyl (C=O) groups excluding carboxylic acids is 1. The van der Waals surface area contributed by atoms with Crippen molar-refractivity contribution in [2.24, 2.45) is 5.73 Å². The number of carbonyl (C=O) groups is 2. The lowest BCUT2D eigenvalue weighted by Crippen LogP contribution is -2.55. The average Bonchev–Trinajstić information content (AvgIpc) is 2.39. The molecule has 1 aromatic rings. The van der Waals surface area contributed by atoms with Crippen LogP contribution in [0.25, 0.3) is 0 Å². The second kappa shape index (κ2) is 4.87. The van der Waals surface area contributed by atoms with E-state index >= 15 is 0 Å². The first kappa shape index (κ1) is 13.3. The van der Waals surface area contributed by atoms with Gasteiger partial charge in [0.25, 0.3) is 0 Å². The SMILES string of the molecule is CC1(C(=O)O)CCCCN1c1cc(C(N)=O)ccn1. The van der Waals surface area contributed by atoms with Crippen LogP contribution in [0, 0.1) is 0 Å². The van der Waals surface area contributed by atoms with Crippen LogP contribution in [0.5, 0.6) is 0 Å². The molecule has 19 heavy (non-hydrogen) atoms. The van der Waals surface area contributed by atoms with Crippen molar-refractivity contribution in [2.75, 3.05) is 11.4 Å². The molecule has 0 spiro atoms. The number of carboxylic acids is 1. The third-order valence-corrected chi connectivity index (χ3v) is 3.66. The van der Waals surface area contributed by atoms with Gasteiger partial charge in [0.15, 0.2) is 0 Å². The summed E-state index contributed by atoms with van der Waals surface area (Å²) in [5.41, 5.74) is 4.59. The van der Waals surface area contributed by atoms with Crippen LogP contribution in [0.4, 0.5) is 5.82 Å². The summed E-state index contributed by atoms with van der Waals surface area (Å²) in [4.78, 5) is 28.6. The Balaban J connectivity index is 2.40. The molecule has 1 aromatic heterocycles. The van der Waals surface area contributed by atoms with E-state index in [1.807, 2.05) is 0 Å². The van der Waals surface area contributed by atoms with E-state index in [0.717, 1.165) is 12.8 Å². The summed E-state index contributed by atoms with van der Waals surface area (Å²) in [5.74, 6) is -0.933. The highest BCUT2D eigenvalue weighted by Gasteiger charge is 2.42. The normalized spacial score (nSPS) is 23.1. The number of anilines is 1. The molecule has 1 atom stereocenters. The molecule has 3 N–H and O–H groups in total. The van der Waals surface area contributed by atoms with Crippen LogP contribution >= 0.6 is 0 Å². The Morgan fingerprint density at radius 3 is 2.84 bits per heavy atom. The highest BCUT2D eigenvalue weighted by Crippen LogP contribution is 2.32. The minimum atomic E-state index is -0.985. The molecular weight excluding hydrogens is 246 g/mol. The van der Waals surface area contributed by atoms with Gasteiger partial charge in [-0.05, 0) is 38.3 Å². The van der Waals surface area contributed by atoms with Gasteiger partial charge in [-0.3, -0.25) is 4.79 Å². The van der Waals surface area contributed by atoms with Crippen LogP contribution < -0.4 is 10.6 Å².